The number of esters is 1. The van der Waals surface area contributed by atoms with Gasteiger partial charge in [-0.25, -0.2) is 4.99 Å². The Labute approximate surface area is 141 Å². The van der Waals surface area contributed by atoms with Crippen LogP contribution in [0.15, 0.2) is 48.0 Å². The number of nitrogens with zero attached hydrogens (tertiary/aromatic N) is 1. The van der Waals surface area contributed by atoms with Crippen molar-refractivity contribution in [1.29, 1.82) is 0 Å². The molecule has 1 aliphatic carbocycles. The average Bonchev–Trinajstić information content (AvgIpc) is 2.76. The van der Waals surface area contributed by atoms with Crippen molar-refractivity contribution in [3.05, 3.63) is 48.6 Å². The maximum absolute atomic E-state index is 13.0. The Kier molecular flexibility index (Phi) is 4.03. The zero-order valence-electron chi connectivity index (χ0n) is 14.0. The first kappa shape index (κ1) is 16.4. The maximum Gasteiger partial charge on any atom is 0.323 e. The normalized spacial score (nSPS) is 30.8. The van der Waals surface area contributed by atoms with Gasteiger partial charge in [0.2, 0.25) is 5.78 Å². The zero-order chi connectivity index (χ0) is 17.4. The summed E-state index contributed by atoms with van der Waals surface area (Å²) in [5.41, 5.74) is -1.57. The molecule has 3 rings (SSSR count). The highest BCUT2D eigenvalue weighted by Crippen LogP contribution is 2.67. The van der Waals surface area contributed by atoms with E-state index in [0.717, 1.165) is 5.56 Å². The second-order valence-electron chi connectivity index (χ2n) is 5.98. The first-order chi connectivity index (χ1) is 11.6. The molecule has 0 aromatic heterocycles. The quantitative estimate of drug-likeness (QED) is 0.474. The van der Waals surface area contributed by atoms with E-state index in [4.69, 9.17) is 9.47 Å². The van der Waals surface area contributed by atoms with E-state index in [9.17, 15) is 9.59 Å². The Morgan fingerprint density at radius 3 is 2.62 bits per heavy atom. The molecule has 126 valence electrons. The molecule has 2 aliphatic rings. The van der Waals surface area contributed by atoms with Gasteiger partial charge in [0.15, 0.2) is 5.41 Å². The highest BCUT2D eigenvalue weighted by Gasteiger charge is 2.78. The molecule has 1 heterocycles. The fraction of sp³-hybridized carbons (Fsp3) is 0.421. The van der Waals surface area contributed by atoms with E-state index in [0.29, 0.717) is 13.0 Å². The number of hydrogen-bond acceptors (Lipinski definition) is 5. The molecule has 0 N–H and O–H groups in total. The van der Waals surface area contributed by atoms with E-state index in [-0.39, 0.29) is 24.2 Å². The SMILES string of the molecule is C=C[C@H]1C[C@@]2(C(=O)OCC)C(=O)C(OCC)=N[C@@]12c1ccccc1. The number of ether oxygens (including phenoxy) is 2. The lowest BCUT2D eigenvalue weighted by Crippen LogP contribution is -2.65. The van der Waals surface area contributed by atoms with Crippen molar-refractivity contribution in [2.24, 2.45) is 16.3 Å². The Bertz CT molecular complexity index is 711. The van der Waals surface area contributed by atoms with Gasteiger partial charge in [0, 0.05) is 5.92 Å². The minimum Gasteiger partial charge on any atom is -0.476 e. The number of ketones is 1. The Hall–Kier alpha value is -2.43. The number of carbonyl (C=O) groups excluding carboxylic acids is 2. The third kappa shape index (κ3) is 1.84. The molecule has 0 amide bonds. The Balaban J connectivity index is 2.22. The van der Waals surface area contributed by atoms with Crippen LogP contribution in [0.25, 0.3) is 0 Å². The second kappa shape index (κ2) is 5.89. The van der Waals surface area contributed by atoms with Gasteiger partial charge in [-0.3, -0.25) is 9.59 Å². The van der Waals surface area contributed by atoms with Crippen LogP contribution in [-0.2, 0) is 24.6 Å². The number of hydrogen-bond donors (Lipinski definition) is 0. The van der Waals surface area contributed by atoms with Crippen LogP contribution in [0.1, 0.15) is 25.8 Å². The number of fused-ring (bicyclic) bond motifs is 1. The van der Waals surface area contributed by atoms with Gasteiger partial charge in [0.1, 0.15) is 5.54 Å². The van der Waals surface area contributed by atoms with Crippen molar-refractivity contribution in [3.63, 3.8) is 0 Å². The van der Waals surface area contributed by atoms with Crippen LogP contribution in [0.3, 0.4) is 0 Å². The standard InChI is InChI=1S/C19H21NO4/c1-4-13-12-18(17(22)24-6-3)15(21)16(23-5-2)20-19(13,18)14-10-8-7-9-11-14/h4,7-11,13H,1,5-6,12H2,2-3H3/t13-,18-,19+/m0/s1. The third-order valence-corrected chi connectivity index (χ3v) is 4.98. The van der Waals surface area contributed by atoms with E-state index in [1.165, 1.54) is 0 Å². The molecule has 5 nitrogen and oxygen atoms in total. The van der Waals surface area contributed by atoms with Crippen LogP contribution in [0.4, 0.5) is 0 Å². The van der Waals surface area contributed by atoms with E-state index >= 15 is 0 Å². The summed E-state index contributed by atoms with van der Waals surface area (Å²) in [7, 11) is 0. The molecule has 3 atom stereocenters. The van der Waals surface area contributed by atoms with Gasteiger partial charge in [-0.05, 0) is 25.8 Å². The zero-order valence-corrected chi connectivity index (χ0v) is 14.0. The molecule has 1 saturated carbocycles. The number of benzene rings is 1. The Morgan fingerprint density at radius 1 is 1.33 bits per heavy atom. The highest BCUT2D eigenvalue weighted by molar-refractivity contribution is 6.45. The first-order valence-corrected chi connectivity index (χ1v) is 8.21. The van der Waals surface area contributed by atoms with Crippen LogP contribution in [-0.4, -0.2) is 30.9 Å². The summed E-state index contributed by atoms with van der Waals surface area (Å²) in [6.07, 6.45) is 2.10. The molecule has 0 saturated heterocycles. The second-order valence-corrected chi connectivity index (χ2v) is 5.98. The number of aliphatic imine (C=N–C) groups is 1. The van der Waals surface area contributed by atoms with Crippen molar-refractivity contribution in [2.75, 3.05) is 13.2 Å². The summed E-state index contributed by atoms with van der Waals surface area (Å²) < 4.78 is 10.7. The minimum atomic E-state index is -1.35. The molecule has 1 aromatic rings. The molecule has 24 heavy (non-hydrogen) atoms. The predicted molar refractivity (Wildman–Crippen MR) is 89.6 cm³/mol. The Morgan fingerprint density at radius 2 is 2.04 bits per heavy atom. The lowest BCUT2D eigenvalue weighted by atomic mass is 9.46. The van der Waals surface area contributed by atoms with Gasteiger partial charge < -0.3 is 9.47 Å². The molecule has 1 fully saturated rings. The van der Waals surface area contributed by atoms with Gasteiger partial charge in [-0.1, -0.05) is 36.4 Å². The fourth-order valence-corrected chi connectivity index (χ4v) is 3.95. The van der Waals surface area contributed by atoms with Crippen LogP contribution in [0.5, 0.6) is 0 Å². The van der Waals surface area contributed by atoms with Crippen molar-refractivity contribution in [1.82, 2.24) is 0 Å². The van der Waals surface area contributed by atoms with E-state index in [1.54, 1.807) is 19.9 Å². The molecule has 1 aromatic carbocycles. The number of Topliss-reactive ketones (excluding diaryl/α,β-unsaturated/α-hetero) is 1. The lowest BCUT2D eigenvalue weighted by molar-refractivity contribution is -0.176. The van der Waals surface area contributed by atoms with E-state index in [2.05, 4.69) is 11.6 Å². The molecule has 1 aliphatic heterocycles. The molecular formula is C19H21NO4. The van der Waals surface area contributed by atoms with Crippen LogP contribution >= 0.6 is 0 Å². The average molecular weight is 327 g/mol. The summed E-state index contributed by atoms with van der Waals surface area (Å²) in [6, 6.07) is 9.40. The number of carbonyl (C=O) groups is 2. The van der Waals surface area contributed by atoms with E-state index in [1.807, 2.05) is 30.3 Å². The van der Waals surface area contributed by atoms with Gasteiger partial charge in [-0.15, -0.1) is 6.58 Å². The van der Waals surface area contributed by atoms with Crippen LogP contribution in [0.2, 0.25) is 0 Å². The predicted octanol–water partition coefficient (Wildman–Crippen LogP) is 2.66. The van der Waals surface area contributed by atoms with E-state index < -0.39 is 16.9 Å². The number of rotatable bonds is 5. The monoisotopic (exact) mass is 327 g/mol. The molecule has 5 heteroatoms. The van der Waals surface area contributed by atoms with Gasteiger partial charge in [-0.2, -0.15) is 0 Å². The fourth-order valence-electron chi connectivity index (χ4n) is 3.95. The molecular weight excluding hydrogens is 306 g/mol. The largest absolute Gasteiger partial charge is 0.476 e. The maximum atomic E-state index is 13.0. The highest BCUT2D eigenvalue weighted by atomic mass is 16.5. The minimum absolute atomic E-state index is 0.0127. The van der Waals surface area contributed by atoms with Crippen molar-refractivity contribution in [2.45, 2.75) is 25.8 Å². The van der Waals surface area contributed by atoms with Gasteiger partial charge >= 0.3 is 5.97 Å². The van der Waals surface area contributed by atoms with Gasteiger partial charge in [0.05, 0.1) is 13.2 Å². The van der Waals surface area contributed by atoms with Crippen molar-refractivity contribution >= 4 is 17.7 Å². The smallest absolute Gasteiger partial charge is 0.323 e. The summed E-state index contributed by atoms with van der Waals surface area (Å²) >= 11 is 0. The summed E-state index contributed by atoms with van der Waals surface area (Å²) in [4.78, 5) is 30.5. The van der Waals surface area contributed by atoms with Crippen LogP contribution in [0, 0.1) is 11.3 Å². The topological polar surface area (TPSA) is 65.0 Å². The molecule has 0 spiro atoms. The summed E-state index contributed by atoms with van der Waals surface area (Å²) in [5, 5.41) is 0. The summed E-state index contributed by atoms with van der Waals surface area (Å²) in [5.74, 6) is -1.04. The van der Waals surface area contributed by atoms with Gasteiger partial charge in [0.25, 0.3) is 5.90 Å². The molecule has 0 unspecified atom stereocenters. The lowest BCUT2D eigenvalue weighted by Gasteiger charge is -2.54. The van der Waals surface area contributed by atoms with Crippen molar-refractivity contribution in [3.8, 4) is 0 Å². The van der Waals surface area contributed by atoms with Crippen LogP contribution < -0.4 is 0 Å². The molecule has 0 radical (unpaired) electrons. The summed E-state index contributed by atoms with van der Waals surface area (Å²) in [6.45, 7) is 7.91. The molecule has 0 bridgehead atoms. The van der Waals surface area contributed by atoms with Crippen molar-refractivity contribution < 1.29 is 19.1 Å². The first-order valence-electron chi connectivity index (χ1n) is 8.21. The third-order valence-electron chi connectivity index (χ3n) is 4.98.